The minimum Gasteiger partial charge on any atom is -0.393 e. The Balaban J connectivity index is 1.73. The number of carbonyl (C=O) groups is 1. The molecule has 0 bridgehead atoms. The van der Waals surface area contributed by atoms with E-state index in [9.17, 15) is 9.90 Å². The summed E-state index contributed by atoms with van der Waals surface area (Å²) in [5.41, 5.74) is 1.53. The van der Waals surface area contributed by atoms with Gasteiger partial charge in [-0.05, 0) is 37.1 Å². The van der Waals surface area contributed by atoms with E-state index in [0.29, 0.717) is 31.0 Å². The van der Waals surface area contributed by atoms with Gasteiger partial charge in [0.1, 0.15) is 0 Å². The third-order valence-electron chi connectivity index (χ3n) is 3.85. The van der Waals surface area contributed by atoms with Gasteiger partial charge in [0.2, 0.25) is 5.91 Å². The molecule has 0 unspecified atom stereocenters. The van der Waals surface area contributed by atoms with Crippen LogP contribution in [0.25, 0.3) is 17.0 Å². The number of carbonyl (C=O) groups excluding carboxylic acids is 1. The lowest BCUT2D eigenvalue weighted by molar-refractivity contribution is -0.127. The summed E-state index contributed by atoms with van der Waals surface area (Å²) in [6.45, 7) is 1.20. The van der Waals surface area contributed by atoms with E-state index in [-0.39, 0.29) is 12.0 Å². The summed E-state index contributed by atoms with van der Waals surface area (Å²) in [5, 5.41) is 11.1. The number of nitrogens with zero attached hydrogens (tertiary/aromatic N) is 2. The van der Waals surface area contributed by atoms with Crippen molar-refractivity contribution in [3.63, 3.8) is 0 Å². The SMILES string of the molecule is O=C(C=Cc1ccc2ccc(Cl)cc2n1)N1CCC(O)CC1. The first-order valence-corrected chi connectivity index (χ1v) is 7.71. The van der Waals surface area contributed by atoms with E-state index in [1.54, 1.807) is 11.0 Å². The van der Waals surface area contributed by atoms with E-state index in [2.05, 4.69) is 4.98 Å². The van der Waals surface area contributed by atoms with Crippen molar-refractivity contribution >= 4 is 34.5 Å². The third kappa shape index (κ3) is 3.46. The monoisotopic (exact) mass is 316 g/mol. The summed E-state index contributed by atoms with van der Waals surface area (Å²) in [5.74, 6) is -0.0418. The predicted octanol–water partition coefficient (Wildman–Crippen LogP) is 2.88. The molecule has 2 aromatic rings. The van der Waals surface area contributed by atoms with Crippen LogP contribution in [-0.4, -0.2) is 40.1 Å². The molecule has 1 aromatic heterocycles. The molecule has 114 valence electrons. The number of pyridine rings is 1. The molecule has 0 radical (unpaired) electrons. The van der Waals surface area contributed by atoms with Gasteiger partial charge < -0.3 is 10.0 Å². The van der Waals surface area contributed by atoms with Gasteiger partial charge in [-0.3, -0.25) is 4.79 Å². The summed E-state index contributed by atoms with van der Waals surface area (Å²) in [7, 11) is 0. The van der Waals surface area contributed by atoms with Crippen LogP contribution in [0.5, 0.6) is 0 Å². The molecule has 1 N–H and O–H groups in total. The second-order valence-corrected chi connectivity index (χ2v) is 5.90. The van der Waals surface area contributed by atoms with Crippen LogP contribution >= 0.6 is 11.6 Å². The highest BCUT2D eigenvalue weighted by atomic mass is 35.5. The van der Waals surface area contributed by atoms with E-state index < -0.39 is 0 Å². The zero-order valence-electron chi connectivity index (χ0n) is 12.1. The van der Waals surface area contributed by atoms with Gasteiger partial charge in [-0.1, -0.05) is 23.7 Å². The number of likely N-dealkylation sites (tertiary alicyclic amines) is 1. The van der Waals surface area contributed by atoms with Gasteiger partial charge in [0.25, 0.3) is 0 Å². The Hall–Kier alpha value is -1.91. The van der Waals surface area contributed by atoms with Crippen LogP contribution in [0.15, 0.2) is 36.4 Å². The number of hydrogen-bond acceptors (Lipinski definition) is 3. The Morgan fingerprint density at radius 3 is 2.77 bits per heavy atom. The first-order chi connectivity index (χ1) is 10.6. The van der Waals surface area contributed by atoms with Crippen molar-refractivity contribution in [2.45, 2.75) is 18.9 Å². The number of aromatic nitrogens is 1. The molecule has 0 spiro atoms. The van der Waals surface area contributed by atoms with Gasteiger partial charge in [0, 0.05) is 29.6 Å². The van der Waals surface area contributed by atoms with Crippen LogP contribution in [0.3, 0.4) is 0 Å². The number of fused-ring (bicyclic) bond motifs is 1. The standard InChI is InChI=1S/C17H17ClN2O2/c18-13-3-1-12-2-4-14(19-16(12)11-13)5-6-17(22)20-9-7-15(21)8-10-20/h1-6,11,15,21H,7-10H2. The molecule has 1 aliphatic rings. The lowest BCUT2D eigenvalue weighted by Gasteiger charge is -2.28. The van der Waals surface area contributed by atoms with Crippen LogP contribution in [0, 0.1) is 0 Å². The fourth-order valence-electron chi connectivity index (χ4n) is 2.55. The van der Waals surface area contributed by atoms with E-state index in [1.165, 1.54) is 6.08 Å². The van der Waals surface area contributed by atoms with Crippen LogP contribution < -0.4 is 0 Å². The molecule has 1 aromatic carbocycles. The Morgan fingerprint density at radius 1 is 1.27 bits per heavy atom. The molecule has 1 fully saturated rings. The van der Waals surface area contributed by atoms with Crippen molar-refractivity contribution in [1.29, 1.82) is 0 Å². The highest BCUT2D eigenvalue weighted by molar-refractivity contribution is 6.31. The second kappa shape index (κ2) is 6.46. The van der Waals surface area contributed by atoms with Crippen molar-refractivity contribution in [2.24, 2.45) is 0 Å². The molecular weight excluding hydrogens is 300 g/mol. The minimum absolute atomic E-state index is 0.0418. The zero-order chi connectivity index (χ0) is 15.5. The summed E-state index contributed by atoms with van der Waals surface area (Å²) in [6.07, 6.45) is 4.27. The molecule has 0 aliphatic carbocycles. The van der Waals surface area contributed by atoms with Gasteiger partial charge in [-0.2, -0.15) is 0 Å². The summed E-state index contributed by atoms with van der Waals surface area (Å²) in [4.78, 5) is 18.3. The fourth-order valence-corrected chi connectivity index (χ4v) is 2.71. The van der Waals surface area contributed by atoms with Crippen LogP contribution in [0.4, 0.5) is 0 Å². The van der Waals surface area contributed by atoms with Crippen LogP contribution in [0.1, 0.15) is 18.5 Å². The number of amides is 1. The molecule has 0 atom stereocenters. The maximum absolute atomic E-state index is 12.1. The third-order valence-corrected chi connectivity index (χ3v) is 4.08. The highest BCUT2D eigenvalue weighted by Gasteiger charge is 2.19. The molecule has 5 heteroatoms. The molecule has 2 heterocycles. The molecule has 1 saturated heterocycles. The Labute approximate surface area is 134 Å². The average Bonchev–Trinajstić information content (AvgIpc) is 2.53. The van der Waals surface area contributed by atoms with Gasteiger partial charge in [0.05, 0.1) is 17.3 Å². The lowest BCUT2D eigenvalue weighted by atomic mass is 10.1. The largest absolute Gasteiger partial charge is 0.393 e. The maximum atomic E-state index is 12.1. The van der Waals surface area contributed by atoms with Gasteiger partial charge in [-0.25, -0.2) is 4.98 Å². The summed E-state index contributed by atoms with van der Waals surface area (Å²) >= 11 is 5.97. The van der Waals surface area contributed by atoms with Crippen LogP contribution in [-0.2, 0) is 4.79 Å². The Kier molecular flexibility index (Phi) is 4.41. The van der Waals surface area contributed by atoms with Gasteiger partial charge in [-0.15, -0.1) is 0 Å². The van der Waals surface area contributed by atoms with E-state index in [1.807, 2.05) is 30.3 Å². The Bertz CT molecular complexity index is 722. The van der Waals surface area contributed by atoms with Gasteiger partial charge in [0.15, 0.2) is 0 Å². The van der Waals surface area contributed by atoms with Gasteiger partial charge >= 0.3 is 0 Å². The van der Waals surface area contributed by atoms with Crippen molar-refractivity contribution in [2.75, 3.05) is 13.1 Å². The fraction of sp³-hybridized carbons (Fsp3) is 0.294. The number of hydrogen-bond donors (Lipinski definition) is 1. The highest BCUT2D eigenvalue weighted by Crippen LogP contribution is 2.18. The normalized spacial score (nSPS) is 16.5. The van der Waals surface area contributed by atoms with E-state index in [0.717, 1.165) is 16.6 Å². The maximum Gasteiger partial charge on any atom is 0.246 e. The number of piperidine rings is 1. The minimum atomic E-state index is -0.278. The first-order valence-electron chi connectivity index (χ1n) is 7.33. The second-order valence-electron chi connectivity index (χ2n) is 5.46. The molecule has 3 rings (SSSR count). The topological polar surface area (TPSA) is 53.4 Å². The molecule has 4 nitrogen and oxygen atoms in total. The van der Waals surface area contributed by atoms with E-state index in [4.69, 9.17) is 11.6 Å². The first kappa shape index (κ1) is 15.0. The van der Waals surface area contributed by atoms with Crippen molar-refractivity contribution < 1.29 is 9.90 Å². The summed E-state index contributed by atoms with van der Waals surface area (Å²) < 4.78 is 0. The smallest absolute Gasteiger partial charge is 0.246 e. The average molecular weight is 317 g/mol. The van der Waals surface area contributed by atoms with E-state index >= 15 is 0 Å². The quantitative estimate of drug-likeness (QED) is 0.867. The van der Waals surface area contributed by atoms with Crippen LogP contribution in [0.2, 0.25) is 5.02 Å². The number of rotatable bonds is 2. The molecule has 0 saturated carbocycles. The summed E-state index contributed by atoms with van der Waals surface area (Å²) in [6, 6.07) is 9.39. The zero-order valence-corrected chi connectivity index (χ0v) is 12.8. The molecule has 1 aliphatic heterocycles. The number of aliphatic hydroxyl groups excluding tert-OH is 1. The predicted molar refractivity (Wildman–Crippen MR) is 87.6 cm³/mol. The molecule has 22 heavy (non-hydrogen) atoms. The molecular formula is C17H17ClN2O2. The van der Waals surface area contributed by atoms with Crippen molar-refractivity contribution in [3.05, 3.63) is 47.1 Å². The number of aliphatic hydroxyl groups is 1. The Morgan fingerprint density at radius 2 is 2.00 bits per heavy atom. The number of benzene rings is 1. The lowest BCUT2D eigenvalue weighted by Crippen LogP contribution is -2.39. The number of halogens is 1. The van der Waals surface area contributed by atoms with Crippen molar-refractivity contribution in [3.8, 4) is 0 Å². The van der Waals surface area contributed by atoms with Crippen molar-refractivity contribution in [1.82, 2.24) is 9.88 Å². The molecule has 1 amide bonds.